The zero-order chi connectivity index (χ0) is 14.3. The van der Waals surface area contributed by atoms with E-state index in [1.165, 1.54) is 0 Å². The average Bonchev–Trinajstić information content (AvgIpc) is 2.26. The summed E-state index contributed by atoms with van der Waals surface area (Å²) in [6.07, 6.45) is -4.23. The van der Waals surface area contributed by atoms with Gasteiger partial charge in [-0.3, -0.25) is 9.69 Å². The topological polar surface area (TPSA) is 58.4 Å². The van der Waals surface area contributed by atoms with E-state index in [1.54, 1.807) is 20.8 Å². The molecule has 0 spiro atoms. The van der Waals surface area contributed by atoms with Crippen LogP contribution in [0.3, 0.4) is 0 Å². The van der Waals surface area contributed by atoms with E-state index in [0.29, 0.717) is 6.54 Å². The standard InChI is InChI=1S/C11H22F3N3O/c1-4-8(15)10(11(12,13)14)17(6-3)7-9(18)16-5-2/h8,10H,4-7,15H2,1-3H3,(H,16,18). The van der Waals surface area contributed by atoms with Crippen molar-refractivity contribution in [3.8, 4) is 0 Å². The molecule has 3 N–H and O–H groups in total. The molecule has 0 aromatic heterocycles. The van der Waals surface area contributed by atoms with Gasteiger partial charge in [-0.2, -0.15) is 13.2 Å². The molecule has 0 aliphatic carbocycles. The summed E-state index contributed by atoms with van der Waals surface area (Å²) in [6, 6.07) is -2.81. The minimum Gasteiger partial charge on any atom is -0.355 e. The number of likely N-dealkylation sites (N-methyl/N-ethyl adjacent to an activating group) is 2. The second kappa shape index (κ2) is 7.58. The number of carbonyl (C=O) groups excluding carboxylic acids is 1. The third-order valence-electron chi connectivity index (χ3n) is 2.73. The molecular weight excluding hydrogens is 247 g/mol. The van der Waals surface area contributed by atoms with Gasteiger partial charge in [0.2, 0.25) is 5.91 Å². The number of amides is 1. The SMILES string of the molecule is CCNC(=O)CN(CC)C(C(N)CC)C(F)(F)F. The maximum absolute atomic E-state index is 13.0. The van der Waals surface area contributed by atoms with Gasteiger partial charge in [0.15, 0.2) is 0 Å². The van der Waals surface area contributed by atoms with E-state index >= 15 is 0 Å². The van der Waals surface area contributed by atoms with E-state index in [4.69, 9.17) is 5.73 Å². The van der Waals surface area contributed by atoms with Crippen molar-refractivity contribution in [3.63, 3.8) is 0 Å². The summed E-state index contributed by atoms with van der Waals surface area (Å²) < 4.78 is 38.9. The van der Waals surface area contributed by atoms with Crippen LogP contribution in [0.15, 0.2) is 0 Å². The van der Waals surface area contributed by atoms with Gasteiger partial charge in [-0.15, -0.1) is 0 Å². The Bertz CT molecular complexity index is 258. The maximum Gasteiger partial charge on any atom is 0.405 e. The van der Waals surface area contributed by atoms with Gasteiger partial charge in [-0.1, -0.05) is 13.8 Å². The van der Waals surface area contributed by atoms with E-state index < -0.39 is 24.2 Å². The van der Waals surface area contributed by atoms with E-state index in [-0.39, 0.29) is 19.5 Å². The van der Waals surface area contributed by atoms with Gasteiger partial charge in [0.05, 0.1) is 6.54 Å². The van der Waals surface area contributed by atoms with Gasteiger partial charge in [0.25, 0.3) is 0 Å². The van der Waals surface area contributed by atoms with Crippen LogP contribution in [-0.4, -0.2) is 48.7 Å². The van der Waals surface area contributed by atoms with Gasteiger partial charge < -0.3 is 11.1 Å². The lowest BCUT2D eigenvalue weighted by atomic mass is 10.0. The summed E-state index contributed by atoms with van der Waals surface area (Å²) in [4.78, 5) is 12.5. The molecule has 0 saturated heterocycles. The van der Waals surface area contributed by atoms with E-state index in [9.17, 15) is 18.0 Å². The van der Waals surface area contributed by atoms with Crippen molar-refractivity contribution in [2.24, 2.45) is 5.73 Å². The largest absolute Gasteiger partial charge is 0.405 e. The fourth-order valence-electron chi connectivity index (χ4n) is 1.79. The predicted octanol–water partition coefficient (Wildman–Crippen LogP) is 1.11. The van der Waals surface area contributed by atoms with E-state index in [1.807, 2.05) is 0 Å². The lowest BCUT2D eigenvalue weighted by molar-refractivity contribution is -0.189. The van der Waals surface area contributed by atoms with Crippen molar-refractivity contribution in [1.29, 1.82) is 0 Å². The van der Waals surface area contributed by atoms with Crippen LogP contribution in [0, 0.1) is 0 Å². The lowest BCUT2D eigenvalue weighted by Gasteiger charge is -2.35. The molecule has 4 nitrogen and oxygen atoms in total. The summed E-state index contributed by atoms with van der Waals surface area (Å²) in [5.74, 6) is -0.420. The summed E-state index contributed by atoms with van der Waals surface area (Å²) in [6.45, 7) is 5.13. The highest BCUT2D eigenvalue weighted by Crippen LogP contribution is 2.27. The Labute approximate surface area is 106 Å². The van der Waals surface area contributed by atoms with Crippen LogP contribution in [-0.2, 0) is 4.79 Å². The van der Waals surface area contributed by atoms with Gasteiger partial charge >= 0.3 is 6.18 Å². The maximum atomic E-state index is 13.0. The number of nitrogens with one attached hydrogen (secondary N) is 1. The Hall–Kier alpha value is -0.820. The van der Waals surface area contributed by atoms with Crippen LogP contribution >= 0.6 is 0 Å². The first kappa shape index (κ1) is 17.2. The normalized spacial score (nSPS) is 15.6. The van der Waals surface area contributed by atoms with E-state index in [2.05, 4.69) is 5.32 Å². The highest BCUT2D eigenvalue weighted by Gasteiger charge is 2.46. The van der Waals surface area contributed by atoms with Crippen molar-refractivity contribution in [2.75, 3.05) is 19.6 Å². The number of nitrogens with two attached hydrogens (primary N) is 1. The fourth-order valence-corrected chi connectivity index (χ4v) is 1.79. The lowest BCUT2D eigenvalue weighted by Crippen LogP contribution is -2.57. The fraction of sp³-hybridized carbons (Fsp3) is 0.909. The zero-order valence-electron chi connectivity index (χ0n) is 11.0. The Morgan fingerprint density at radius 3 is 2.22 bits per heavy atom. The number of alkyl halides is 3. The molecule has 0 rings (SSSR count). The van der Waals surface area contributed by atoms with Crippen molar-refractivity contribution in [1.82, 2.24) is 10.2 Å². The number of carbonyl (C=O) groups is 1. The molecule has 1 amide bonds. The minimum absolute atomic E-state index is 0.120. The molecule has 0 saturated carbocycles. The molecule has 18 heavy (non-hydrogen) atoms. The summed E-state index contributed by atoms with van der Waals surface area (Å²) in [5, 5.41) is 2.48. The molecule has 0 bridgehead atoms. The average molecular weight is 269 g/mol. The first-order valence-corrected chi connectivity index (χ1v) is 6.10. The third-order valence-corrected chi connectivity index (χ3v) is 2.73. The van der Waals surface area contributed by atoms with Crippen LogP contribution in [0.1, 0.15) is 27.2 Å². The quantitative estimate of drug-likeness (QED) is 0.728. The van der Waals surface area contributed by atoms with Crippen molar-refractivity contribution in [2.45, 2.75) is 45.5 Å². The Morgan fingerprint density at radius 2 is 1.89 bits per heavy atom. The number of halogens is 3. The molecular formula is C11H22F3N3O. The molecule has 0 aliphatic rings. The summed E-state index contributed by atoms with van der Waals surface area (Å²) in [5.41, 5.74) is 5.54. The molecule has 0 aromatic rings. The van der Waals surface area contributed by atoms with Gasteiger partial charge in [-0.05, 0) is 19.9 Å². The van der Waals surface area contributed by atoms with Crippen LogP contribution in [0.4, 0.5) is 13.2 Å². The Kier molecular flexibility index (Phi) is 7.23. The summed E-state index contributed by atoms with van der Waals surface area (Å²) >= 11 is 0. The van der Waals surface area contributed by atoms with Gasteiger partial charge in [0.1, 0.15) is 6.04 Å². The number of hydrogen-bond donors (Lipinski definition) is 2. The Balaban J connectivity index is 4.88. The molecule has 108 valence electrons. The van der Waals surface area contributed by atoms with Crippen LogP contribution < -0.4 is 11.1 Å². The van der Waals surface area contributed by atoms with Crippen molar-refractivity contribution < 1.29 is 18.0 Å². The van der Waals surface area contributed by atoms with Crippen molar-refractivity contribution in [3.05, 3.63) is 0 Å². The van der Waals surface area contributed by atoms with E-state index in [0.717, 1.165) is 4.90 Å². The molecule has 0 aliphatic heterocycles. The first-order valence-electron chi connectivity index (χ1n) is 6.10. The second-order valence-corrected chi connectivity index (χ2v) is 4.08. The first-order chi connectivity index (χ1) is 8.27. The highest BCUT2D eigenvalue weighted by molar-refractivity contribution is 5.78. The van der Waals surface area contributed by atoms with Crippen LogP contribution in [0.25, 0.3) is 0 Å². The molecule has 0 fully saturated rings. The van der Waals surface area contributed by atoms with Crippen LogP contribution in [0.2, 0.25) is 0 Å². The Morgan fingerprint density at radius 1 is 1.33 bits per heavy atom. The molecule has 0 radical (unpaired) electrons. The van der Waals surface area contributed by atoms with Crippen molar-refractivity contribution >= 4 is 5.91 Å². The summed E-state index contributed by atoms with van der Waals surface area (Å²) in [7, 11) is 0. The number of nitrogens with zero attached hydrogens (tertiary/aromatic N) is 1. The van der Waals surface area contributed by atoms with Gasteiger partial charge in [-0.25, -0.2) is 0 Å². The predicted molar refractivity (Wildman–Crippen MR) is 64.0 cm³/mol. The second-order valence-electron chi connectivity index (χ2n) is 4.08. The molecule has 2 unspecified atom stereocenters. The molecule has 0 aromatic carbocycles. The zero-order valence-corrected chi connectivity index (χ0v) is 11.0. The van der Waals surface area contributed by atoms with Gasteiger partial charge in [0, 0.05) is 12.6 Å². The molecule has 0 heterocycles. The number of hydrogen-bond acceptors (Lipinski definition) is 3. The molecule has 2 atom stereocenters. The monoisotopic (exact) mass is 269 g/mol. The molecule has 7 heteroatoms. The minimum atomic E-state index is -4.43. The van der Waals surface area contributed by atoms with Crippen LogP contribution in [0.5, 0.6) is 0 Å². The number of rotatable bonds is 7. The highest BCUT2D eigenvalue weighted by atomic mass is 19.4. The smallest absolute Gasteiger partial charge is 0.355 e. The third kappa shape index (κ3) is 5.22.